The lowest BCUT2D eigenvalue weighted by atomic mass is 9.42. The maximum Gasteiger partial charge on any atom is 0.335 e. The molecule has 5 rings (SSSR count). The van der Waals surface area contributed by atoms with Crippen LogP contribution in [0.4, 0.5) is 0 Å². The molecule has 4 aliphatic rings. The Labute approximate surface area is 194 Å². The van der Waals surface area contributed by atoms with Crippen molar-refractivity contribution in [2.45, 2.75) is 95.5 Å². The first-order valence-corrected chi connectivity index (χ1v) is 12.3. The molecular weight excluding hydrogens is 424 g/mol. The Morgan fingerprint density at radius 1 is 1.12 bits per heavy atom. The molecule has 7 nitrogen and oxygen atoms in total. The van der Waals surface area contributed by atoms with Gasteiger partial charge in [-0.25, -0.2) is 4.79 Å². The lowest BCUT2D eigenvalue weighted by Gasteiger charge is -2.64. The van der Waals surface area contributed by atoms with Gasteiger partial charge in [-0.15, -0.1) is 0 Å². The highest BCUT2D eigenvalue weighted by Crippen LogP contribution is 2.70. The van der Waals surface area contributed by atoms with Gasteiger partial charge in [0.05, 0.1) is 24.1 Å². The molecule has 0 unspecified atom stereocenters. The van der Waals surface area contributed by atoms with Crippen molar-refractivity contribution in [1.82, 2.24) is 0 Å². The van der Waals surface area contributed by atoms with Crippen molar-refractivity contribution >= 4 is 5.97 Å². The van der Waals surface area contributed by atoms with Crippen LogP contribution < -0.4 is 5.63 Å². The van der Waals surface area contributed by atoms with Crippen LogP contribution in [0.1, 0.15) is 77.2 Å². The monoisotopic (exact) mass is 460 g/mol. The van der Waals surface area contributed by atoms with Gasteiger partial charge in [0.1, 0.15) is 6.10 Å². The topological polar surface area (TPSA) is 117 Å². The first kappa shape index (κ1) is 23.1. The minimum atomic E-state index is -1.08. The molecule has 7 heteroatoms. The lowest BCUT2D eigenvalue weighted by Crippen LogP contribution is -2.64. The third-order valence-electron chi connectivity index (χ3n) is 10.3. The average Bonchev–Trinajstić information content (AvgIpc) is 2.96. The number of fused-ring (bicyclic) bond motifs is 5. The summed E-state index contributed by atoms with van der Waals surface area (Å²) in [5.41, 5.74) is -1.69. The maximum atomic E-state index is 12.5. The Balaban J connectivity index is 1.56. The highest BCUT2D eigenvalue weighted by atomic mass is 16.5. The van der Waals surface area contributed by atoms with Gasteiger partial charge in [-0.05, 0) is 73.3 Å². The zero-order valence-corrected chi connectivity index (χ0v) is 19.7. The third-order valence-corrected chi connectivity index (χ3v) is 10.3. The Bertz CT molecular complexity index is 969. The molecule has 10 atom stereocenters. The summed E-state index contributed by atoms with van der Waals surface area (Å²) < 4.78 is 10.9. The van der Waals surface area contributed by atoms with Crippen LogP contribution in [0.25, 0.3) is 0 Å². The molecule has 3 N–H and O–H groups in total. The number of hydrogen-bond donors (Lipinski definition) is 3. The summed E-state index contributed by atoms with van der Waals surface area (Å²) in [6.45, 7) is 5.62. The Kier molecular flexibility index (Phi) is 5.35. The van der Waals surface area contributed by atoms with E-state index in [9.17, 15) is 24.9 Å². The number of esters is 1. The predicted octanol–water partition coefficient (Wildman–Crippen LogP) is 2.75. The predicted molar refractivity (Wildman–Crippen MR) is 119 cm³/mol. The van der Waals surface area contributed by atoms with E-state index < -0.39 is 40.9 Å². The highest BCUT2D eigenvalue weighted by Gasteiger charge is 2.71. The number of aliphatic hydroxyl groups excluding tert-OH is 2. The van der Waals surface area contributed by atoms with E-state index in [1.807, 2.05) is 0 Å². The standard InChI is InChI=1S/C26H36O7/c1-14(27)33-20-12-26(31)19-6-5-16-10-17(28)11-21(29)25(16,3)18(19)8-9-24(26,2)23(20)15-4-7-22(30)32-13-15/h4,7,13,16-21,23,28-29,31H,5-6,8-12H2,1-3H3/t16-,17-,18+,19-,20+,21-,23+,24-,25+,26+/m1/s1. The number of carbonyl (C=O) groups is 1. The average molecular weight is 461 g/mol. The molecule has 0 bridgehead atoms. The fourth-order valence-electron chi connectivity index (χ4n) is 8.73. The van der Waals surface area contributed by atoms with Crippen LogP contribution in [0.5, 0.6) is 0 Å². The second kappa shape index (κ2) is 7.65. The van der Waals surface area contributed by atoms with Crippen molar-refractivity contribution < 1.29 is 29.3 Å². The first-order valence-electron chi connectivity index (χ1n) is 12.3. The minimum absolute atomic E-state index is 0.0406. The fourth-order valence-corrected chi connectivity index (χ4v) is 8.73. The molecule has 4 aliphatic carbocycles. The molecule has 0 saturated heterocycles. The van der Waals surface area contributed by atoms with Gasteiger partial charge in [0.25, 0.3) is 0 Å². The second-order valence-electron chi connectivity index (χ2n) is 11.6. The molecule has 0 aromatic carbocycles. The van der Waals surface area contributed by atoms with Crippen LogP contribution >= 0.6 is 0 Å². The van der Waals surface area contributed by atoms with Crippen LogP contribution in [0, 0.1) is 28.6 Å². The summed E-state index contributed by atoms with van der Waals surface area (Å²) in [4.78, 5) is 23.6. The number of aliphatic hydroxyl groups is 3. The van der Waals surface area contributed by atoms with Gasteiger partial charge < -0.3 is 24.5 Å². The lowest BCUT2D eigenvalue weighted by molar-refractivity contribution is -0.229. The molecule has 1 aromatic heterocycles. The van der Waals surface area contributed by atoms with Gasteiger partial charge in [-0.2, -0.15) is 0 Å². The molecule has 1 aromatic rings. The van der Waals surface area contributed by atoms with Crippen molar-refractivity contribution in [3.8, 4) is 0 Å². The van der Waals surface area contributed by atoms with Gasteiger partial charge in [0.2, 0.25) is 0 Å². The largest absolute Gasteiger partial charge is 0.462 e. The summed E-state index contributed by atoms with van der Waals surface area (Å²) >= 11 is 0. The van der Waals surface area contributed by atoms with E-state index in [1.165, 1.54) is 19.3 Å². The Morgan fingerprint density at radius 2 is 1.88 bits per heavy atom. The maximum absolute atomic E-state index is 12.5. The van der Waals surface area contributed by atoms with E-state index in [0.717, 1.165) is 24.8 Å². The van der Waals surface area contributed by atoms with Crippen molar-refractivity contribution in [3.63, 3.8) is 0 Å². The third kappa shape index (κ3) is 3.18. The van der Waals surface area contributed by atoms with Crippen molar-refractivity contribution in [1.29, 1.82) is 0 Å². The van der Waals surface area contributed by atoms with Gasteiger partial charge in [-0.1, -0.05) is 13.8 Å². The summed E-state index contributed by atoms with van der Waals surface area (Å²) in [5.74, 6) is -0.365. The van der Waals surface area contributed by atoms with Crippen LogP contribution in [0.3, 0.4) is 0 Å². The van der Waals surface area contributed by atoms with Gasteiger partial charge in [0.15, 0.2) is 0 Å². The molecule has 4 fully saturated rings. The Hall–Kier alpha value is -1.70. The zero-order valence-electron chi connectivity index (χ0n) is 19.7. The highest BCUT2D eigenvalue weighted by molar-refractivity contribution is 5.66. The van der Waals surface area contributed by atoms with Gasteiger partial charge in [0, 0.05) is 30.7 Å². The normalized spacial score (nSPS) is 49.0. The summed E-state index contributed by atoms with van der Waals surface area (Å²) in [6.07, 6.45) is 4.50. The zero-order chi connectivity index (χ0) is 23.8. The summed E-state index contributed by atoms with van der Waals surface area (Å²) in [7, 11) is 0. The quantitative estimate of drug-likeness (QED) is 0.581. The molecule has 0 amide bonds. The van der Waals surface area contributed by atoms with Gasteiger partial charge >= 0.3 is 11.6 Å². The van der Waals surface area contributed by atoms with Gasteiger partial charge in [-0.3, -0.25) is 4.79 Å². The second-order valence-corrected chi connectivity index (χ2v) is 11.6. The first-order chi connectivity index (χ1) is 15.5. The van der Waals surface area contributed by atoms with Crippen LogP contribution in [0.15, 0.2) is 27.6 Å². The van der Waals surface area contributed by atoms with E-state index >= 15 is 0 Å². The summed E-state index contributed by atoms with van der Waals surface area (Å²) in [5, 5.41) is 33.9. The molecule has 182 valence electrons. The van der Waals surface area contributed by atoms with E-state index in [0.29, 0.717) is 25.7 Å². The molecule has 1 heterocycles. The minimum Gasteiger partial charge on any atom is -0.462 e. The van der Waals surface area contributed by atoms with Crippen molar-refractivity contribution in [2.24, 2.45) is 28.6 Å². The van der Waals surface area contributed by atoms with E-state index in [1.54, 1.807) is 6.07 Å². The van der Waals surface area contributed by atoms with Crippen molar-refractivity contribution in [3.05, 3.63) is 34.4 Å². The fraction of sp³-hybridized carbons (Fsp3) is 0.769. The van der Waals surface area contributed by atoms with E-state index in [4.69, 9.17) is 9.15 Å². The smallest absolute Gasteiger partial charge is 0.335 e. The molecule has 0 spiro atoms. The molecule has 0 aliphatic heterocycles. The molecule has 33 heavy (non-hydrogen) atoms. The van der Waals surface area contributed by atoms with Crippen LogP contribution in [-0.2, 0) is 9.53 Å². The number of rotatable bonds is 2. The molecular formula is C26H36O7. The number of ether oxygens (including phenoxy) is 1. The number of carbonyl (C=O) groups excluding carboxylic acids is 1. The van der Waals surface area contributed by atoms with E-state index in [2.05, 4.69) is 13.8 Å². The number of hydrogen-bond acceptors (Lipinski definition) is 7. The SMILES string of the molecule is CC(=O)O[C@H]1C[C@]2(O)[C@@H]3CC[C@@H]4C[C@@H](O)C[C@@H](O)[C@]4(C)[C@H]3CC[C@]2(C)[C@H]1c1ccc(=O)oc1. The van der Waals surface area contributed by atoms with Crippen molar-refractivity contribution in [2.75, 3.05) is 0 Å². The Morgan fingerprint density at radius 3 is 2.55 bits per heavy atom. The van der Waals surface area contributed by atoms with Crippen LogP contribution in [0.2, 0.25) is 0 Å². The molecule has 0 radical (unpaired) electrons. The summed E-state index contributed by atoms with van der Waals surface area (Å²) in [6, 6.07) is 3.10. The molecule has 4 saturated carbocycles. The van der Waals surface area contributed by atoms with E-state index in [-0.39, 0.29) is 29.1 Å². The van der Waals surface area contributed by atoms with Crippen LogP contribution in [-0.4, -0.2) is 45.2 Å².